The van der Waals surface area contributed by atoms with Gasteiger partial charge in [0.15, 0.2) is 0 Å². The summed E-state index contributed by atoms with van der Waals surface area (Å²) < 4.78 is 0. The van der Waals surface area contributed by atoms with Crippen LogP contribution in [0.5, 0.6) is 0 Å². The van der Waals surface area contributed by atoms with Crippen molar-refractivity contribution in [3.05, 3.63) is 0 Å². The Balaban J connectivity index is 0. The second-order valence-electron chi connectivity index (χ2n) is 0. The first-order chi connectivity index (χ1) is 0. The first-order valence-electron chi connectivity index (χ1n) is 0. The maximum atomic E-state index is 0. The Morgan fingerprint density at radius 3 is 1.00 bits per heavy atom. The van der Waals surface area contributed by atoms with Gasteiger partial charge in [-0.05, 0) is 0 Å². The molecule has 0 atom stereocenters. The summed E-state index contributed by atoms with van der Waals surface area (Å²) in [5.41, 5.74) is 0. The van der Waals surface area contributed by atoms with Crippen molar-refractivity contribution in [2.45, 2.75) is 0 Å². The Hall–Kier alpha value is 4.08. The van der Waals surface area contributed by atoms with E-state index in [2.05, 4.69) is 0 Å². The van der Waals surface area contributed by atoms with E-state index in [1.165, 1.54) is 0 Å². The molecular weight excluding hydrogens is 321 g/mol. The van der Waals surface area contributed by atoms with E-state index in [1.807, 2.05) is 0 Å². The molecule has 0 rings (SSSR count). The molecule has 4 heteroatoms. The molecule has 0 N–H and O–H groups in total. The molecule has 0 aliphatic rings. The third-order valence-corrected chi connectivity index (χ3v) is 0. The van der Waals surface area contributed by atoms with Crippen LogP contribution in [0.2, 0.25) is 0 Å². The molecule has 0 spiro atoms. The van der Waals surface area contributed by atoms with Gasteiger partial charge in [0.05, 0.1) is 0 Å². The van der Waals surface area contributed by atoms with Gasteiger partial charge in [0.25, 0.3) is 0 Å². The van der Waals surface area contributed by atoms with E-state index in [9.17, 15) is 0 Å². The summed E-state index contributed by atoms with van der Waals surface area (Å²) in [5, 5.41) is 0. The van der Waals surface area contributed by atoms with E-state index < -0.39 is 0 Å². The summed E-state index contributed by atoms with van der Waals surface area (Å²) in [4.78, 5) is 0. The normalized spacial score (nSPS) is 0. The van der Waals surface area contributed by atoms with Gasteiger partial charge in [-0.25, -0.2) is 0 Å². The van der Waals surface area contributed by atoms with Gasteiger partial charge in [0.1, 0.15) is 0 Å². The van der Waals surface area contributed by atoms with Gasteiger partial charge in [-0.1, -0.05) is 0 Å². The number of hydrogen-bond acceptors (Lipinski definition) is 0. The van der Waals surface area contributed by atoms with Crippen molar-refractivity contribution in [1.82, 2.24) is 0 Å². The first kappa shape index (κ1) is 24.3. The Morgan fingerprint density at radius 1 is 1.00 bits per heavy atom. The molecule has 0 nitrogen and oxygen atoms in total. The van der Waals surface area contributed by atoms with Crippen LogP contribution in [0.4, 0.5) is 0 Å². The molecule has 0 aromatic carbocycles. The summed E-state index contributed by atoms with van der Waals surface area (Å²) in [5.74, 6) is 0. The van der Waals surface area contributed by atoms with Crippen LogP contribution < -0.4 is 0 Å². The molecule has 0 aliphatic carbocycles. The standard InChI is InChI=1S/Ga.La.Mg.Sr.7H. The van der Waals surface area contributed by atoms with Crippen molar-refractivity contribution in [3.63, 3.8) is 0 Å². The van der Waals surface area contributed by atoms with Gasteiger partial charge in [-0.3, -0.25) is 0 Å². The summed E-state index contributed by atoms with van der Waals surface area (Å²) in [6.07, 6.45) is 0. The molecule has 0 unspecified atom stereocenters. The van der Waals surface area contributed by atoms with Crippen molar-refractivity contribution in [3.8, 4) is 0 Å². The van der Waals surface area contributed by atoms with Crippen LogP contribution >= 0.6 is 0 Å². The molecule has 0 aromatic heterocycles. The van der Waals surface area contributed by atoms with Gasteiger partial charge in [0, 0.05) is 35.6 Å². The molecule has 1 radical (unpaired) electrons. The van der Waals surface area contributed by atoms with Gasteiger partial charge >= 0.3 is 88.3 Å². The Bertz CT molecular complexity index is 8.00. The van der Waals surface area contributed by atoms with Gasteiger partial charge in [-0.2, -0.15) is 0 Å². The molecule has 0 saturated heterocycles. The monoisotopic (exact) mass is 327 g/mol. The first-order valence-corrected chi connectivity index (χ1v) is 0. The second kappa shape index (κ2) is 15.7. The van der Waals surface area contributed by atoms with Gasteiger partial charge in [-0.15, -0.1) is 0 Å². The average Bonchev–Trinajstić information content (AvgIpc) is 0. The molecule has 4 heavy (non-hydrogen) atoms. The van der Waals surface area contributed by atoms with Crippen molar-refractivity contribution in [2.24, 2.45) is 0 Å². The predicted octanol–water partition coefficient (Wildman–Crippen LogP) is -3.02. The quantitative estimate of drug-likeness (QED) is 0.416. The third-order valence-electron chi connectivity index (χ3n) is 0. The SMILES string of the molecule is [GaH3].[La].[MgH2].[SrH2]. The zero-order valence-corrected chi connectivity index (χ0v) is 4.20. The Labute approximate surface area is 120 Å². The van der Waals surface area contributed by atoms with Crippen LogP contribution in [-0.2, 0) is 0 Å². The van der Waals surface area contributed by atoms with Gasteiger partial charge in [0.2, 0.25) is 0 Å². The molecule has 0 aromatic rings. The second-order valence-corrected chi connectivity index (χ2v) is 0. The van der Waals surface area contributed by atoms with E-state index in [1.54, 1.807) is 0 Å². The fourth-order valence-electron chi connectivity index (χ4n) is 0. The molecule has 0 heterocycles. The molecule has 0 fully saturated rings. The van der Waals surface area contributed by atoms with Crippen LogP contribution in [0.15, 0.2) is 0 Å². The van der Waals surface area contributed by atoms with Crippen molar-refractivity contribution in [2.75, 3.05) is 0 Å². The van der Waals surface area contributed by atoms with Crippen LogP contribution in [0.1, 0.15) is 0 Å². The zero-order chi connectivity index (χ0) is 0. The van der Waals surface area contributed by atoms with Crippen molar-refractivity contribution in [1.29, 1.82) is 0 Å². The van der Waals surface area contributed by atoms with Crippen molar-refractivity contribution < 1.29 is 35.6 Å². The van der Waals surface area contributed by atoms with E-state index in [0.717, 1.165) is 0 Å². The van der Waals surface area contributed by atoms with Crippen LogP contribution in [0.25, 0.3) is 0 Å². The summed E-state index contributed by atoms with van der Waals surface area (Å²) in [6.45, 7) is 0. The molecular formula is H7GaLaMgSr. The summed E-state index contributed by atoms with van der Waals surface area (Å²) in [6, 6.07) is 0. The van der Waals surface area contributed by atoms with E-state index in [-0.39, 0.29) is 124 Å². The summed E-state index contributed by atoms with van der Waals surface area (Å²) >= 11 is 0. The molecule has 0 amide bonds. The number of rotatable bonds is 0. The molecule has 0 bridgehead atoms. The van der Waals surface area contributed by atoms with Crippen LogP contribution in [0.3, 0.4) is 0 Å². The minimum absolute atomic E-state index is 0. The Morgan fingerprint density at radius 2 is 1.00 bits per heavy atom. The van der Waals surface area contributed by atoms with E-state index in [0.29, 0.717) is 0 Å². The average molecular weight is 328 g/mol. The van der Waals surface area contributed by atoms with E-state index in [4.69, 9.17) is 0 Å². The minimum atomic E-state index is 0. The Kier molecular flexibility index (Phi) is 95.7. The summed E-state index contributed by atoms with van der Waals surface area (Å²) in [7, 11) is 0. The molecule has 0 aliphatic heterocycles. The van der Waals surface area contributed by atoms with Crippen LogP contribution in [-0.4, -0.2) is 88.3 Å². The molecule has 17 valence electrons. The van der Waals surface area contributed by atoms with Crippen molar-refractivity contribution >= 4 is 88.3 Å². The molecule has 0 saturated carbocycles. The fourth-order valence-corrected chi connectivity index (χ4v) is 0. The third kappa shape index (κ3) is 9.42. The topological polar surface area (TPSA) is 0 Å². The van der Waals surface area contributed by atoms with Crippen LogP contribution in [0, 0.1) is 35.6 Å². The van der Waals surface area contributed by atoms with Gasteiger partial charge < -0.3 is 0 Å². The zero-order valence-electron chi connectivity index (χ0n) is 0.577. The number of hydrogen-bond donors (Lipinski definition) is 0. The predicted molar refractivity (Wildman–Crippen MR) is 27.0 cm³/mol. The maximum absolute atomic E-state index is 0. The van der Waals surface area contributed by atoms with E-state index >= 15 is 0 Å². The fraction of sp³-hybridized carbons (Fsp3) is 0.